The molecule has 0 fully saturated rings. The molecule has 0 saturated heterocycles. The van der Waals surface area contributed by atoms with Crippen LogP contribution in [-0.4, -0.2) is 15.7 Å². The Balaban J connectivity index is 1.66. The number of nitrogens with zero attached hydrogens (tertiary/aromatic N) is 2. The smallest absolute Gasteiger partial charge is 0.226 e. The Morgan fingerprint density at radius 2 is 1.88 bits per heavy atom. The molecule has 1 amide bonds. The molecule has 1 heterocycles. The van der Waals surface area contributed by atoms with Gasteiger partial charge in [0.15, 0.2) is 5.75 Å². The first-order valence-corrected chi connectivity index (χ1v) is 8.30. The number of nitrogens with one attached hydrogen (secondary N) is 1. The van der Waals surface area contributed by atoms with E-state index in [1.165, 1.54) is 0 Å². The van der Waals surface area contributed by atoms with Gasteiger partial charge < -0.3 is 10.1 Å². The minimum atomic E-state index is -0.108. The second-order valence-electron chi connectivity index (χ2n) is 5.61. The molecule has 0 bridgehead atoms. The van der Waals surface area contributed by atoms with E-state index in [0.717, 1.165) is 5.56 Å². The van der Waals surface area contributed by atoms with Gasteiger partial charge in [-0.05, 0) is 36.8 Å². The van der Waals surface area contributed by atoms with Crippen molar-refractivity contribution in [1.29, 1.82) is 0 Å². The number of benzene rings is 2. The van der Waals surface area contributed by atoms with E-state index in [1.807, 2.05) is 37.4 Å². The predicted molar refractivity (Wildman–Crippen MR) is 98.2 cm³/mol. The van der Waals surface area contributed by atoms with E-state index in [2.05, 4.69) is 10.4 Å². The van der Waals surface area contributed by atoms with Crippen molar-refractivity contribution in [3.63, 3.8) is 0 Å². The lowest BCUT2D eigenvalue weighted by Crippen LogP contribution is -2.15. The molecule has 2 aromatic carbocycles. The van der Waals surface area contributed by atoms with Gasteiger partial charge in [0.05, 0.1) is 16.9 Å². The van der Waals surface area contributed by atoms with Gasteiger partial charge in [-0.2, -0.15) is 5.10 Å². The molecule has 5 nitrogen and oxygen atoms in total. The van der Waals surface area contributed by atoms with Gasteiger partial charge in [0.25, 0.3) is 0 Å². The predicted octanol–water partition coefficient (Wildman–Crippen LogP) is 4.67. The SMILES string of the molecule is Cc1cnn(CCC(=O)Nc2ccccc2Oc2ccccc2Cl)c1. The zero-order valence-electron chi connectivity index (χ0n) is 13.8. The minimum absolute atomic E-state index is 0.108. The van der Waals surface area contributed by atoms with Gasteiger partial charge >= 0.3 is 0 Å². The van der Waals surface area contributed by atoms with E-state index in [4.69, 9.17) is 16.3 Å². The van der Waals surface area contributed by atoms with Crippen LogP contribution in [0.5, 0.6) is 11.5 Å². The molecule has 0 spiro atoms. The third-order valence-electron chi connectivity index (χ3n) is 3.55. The molecule has 1 N–H and O–H groups in total. The van der Waals surface area contributed by atoms with Gasteiger partial charge in [0.1, 0.15) is 5.75 Å². The van der Waals surface area contributed by atoms with Crippen molar-refractivity contribution in [3.05, 3.63) is 71.5 Å². The van der Waals surface area contributed by atoms with Crippen LogP contribution in [0.3, 0.4) is 0 Å². The van der Waals surface area contributed by atoms with Gasteiger partial charge in [-0.25, -0.2) is 0 Å². The number of anilines is 1. The first kappa shape index (κ1) is 17.0. The van der Waals surface area contributed by atoms with Gasteiger partial charge in [0.2, 0.25) is 5.91 Å². The summed E-state index contributed by atoms with van der Waals surface area (Å²) < 4.78 is 7.59. The van der Waals surface area contributed by atoms with Crippen molar-refractivity contribution in [2.45, 2.75) is 19.9 Å². The molecule has 3 rings (SSSR count). The highest BCUT2D eigenvalue weighted by molar-refractivity contribution is 6.32. The highest BCUT2D eigenvalue weighted by Crippen LogP contribution is 2.33. The van der Waals surface area contributed by atoms with Gasteiger partial charge in [-0.15, -0.1) is 0 Å². The maximum Gasteiger partial charge on any atom is 0.226 e. The van der Waals surface area contributed by atoms with Crippen molar-refractivity contribution in [1.82, 2.24) is 9.78 Å². The maximum atomic E-state index is 12.2. The lowest BCUT2D eigenvalue weighted by atomic mass is 10.2. The fourth-order valence-corrected chi connectivity index (χ4v) is 2.50. The quantitative estimate of drug-likeness (QED) is 0.699. The Labute approximate surface area is 151 Å². The number of halogens is 1. The third kappa shape index (κ3) is 4.61. The second-order valence-corrected chi connectivity index (χ2v) is 6.01. The second kappa shape index (κ2) is 7.85. The number of amides is 1. The summed E-state index contributed by atoms with van der Waals surface area (Å²) in [6, 6.07) is 14.5. The van der Waals surface area contributed by atoms with Crippen molar-refractivity contribution in [2.24, 2.45) is 0 Å². The summed E-state index contributed by atoms with van der Waals surface area (Å²) in [5.74, 6) is 0.972. The van der Waals surface area contributed by atoms with Crippen LogP contribution in [0.2, 0.25) is 5.02 Å². The van der Waals surface area contributed by atoms with Gasteiger partial charge in [-0.3, -0.25) is 9.48 Å². The summed E-state index contributed by atoms with van der Waals surface area (Å²) in [7, 11) is 0. The Hall–Kier alpha value is -2.79. The fourth-order valence-electron chi connectivity index (χ4n) is 2.32. The molecule has 25 heavy (non-hydrogen) atoms. The number of hydrogen-bond donors (Lipinski definition) is 1. The molecule has 0 atom stereocenters. The normalized spacial score (nSPS) is 10.5. The summed E-state index contributed by atoms with van der Waals surface area (Å²) in [5, 5.41) is 7.57. The van der Waals surface area contributed by atoms with Crippen molar-refractivity contribution < 1.29 is 9.53 Å². The molecule has 128 valence electrons. The Bertz CT molecular complexity index is 876. The number of aryl methyl sites for hydroxylation is 2. The summed E-state index contributed by atoms with van der Waals surface area (Å²) >= 11 is 6.13. The number of hydrogen-bond acceptors (Lipinski definition) is 3. The molecular weight excluding hydrogens is 338 g/mol. The van der Waals surface area contributed by atoms with E-state index < -0.39 is 0 Å². The lowest BCUT2D eigenvalue weighted by Gasteiger charge is -2.13. The summed E-state index contributed by atoms with van der Waals surface area (Å²) in [6.07, 6.45) is 3.99. The molecule has 0 unspecified atom stereocenters. The van der Waals surface area contributed by atoms with E-state index in [0.29, 0.717) is 35.2 Å². The molecule has 0 aliphatic carbocycles. The monoisotopic (exact) mass is 355 g/mol. The van der Waals surface area contributed by atoms with E-state index in [-0.39, 0.29) is 5.91 Å². The van der Waals surface area contributed by atoms with Crippen molar-refractivity contribution >= 4 is 23.2 Å². The third-order valence-corrected chi connectivity index (χ3v) is 3.86. The van der Waals surface area contributed by atoms with E-state index >= 15 is 0 Å². The van der Waals surface area contributed by atoms with Crippen LogP contribution in [0, 0.1) is 6.92 Å². The van der Waals surface area contributed by atoms with Crippen LogP contribution in [0.4, 0.5) is 5.69 Å². The molecule has 0 radical (unpaired) electrons. The molecule has 0 aliphatic heterocycles. The molecular formula is C19H18ClN3O2. The highest BCUT2D eigenvalue weighted by Gasteiger charge is 2.10. The lowest BCUT2D eigenvalue weighted by molar-refractivity contribution is -0.116. The van der Waals surface area contributed by atoms with Crippen molar-refractivity contribution in [2.75, 3.05) is 5.32 Å². The first-order chi connectivity index (χ1) is 12.1. The van der Waals surface area contributed by atoms with Crippen LogP contribution >= 0.6 is 11.6 Å². The number of aromatic nitrogens is 2. The average molecular weight is 356 g/mol. The van der Waals surface area contributed by atoms with Crippen LogP contribution in [0.1, 0.15) is 12.0 Å². The molecule has 3 aromatic rings. The molecule has 1 aromatic heterocycles. The Morgan fingerprint density at radius 1 is 1.16 bits per heavy atom. The molecule has 6 heteroatoms. The number of rotatable bonds is 6. The average Bonchev–Trinajstić information content (AvgIpc) is 3.02. The number of para-hydroxylation sites is 3. The van der Waals surface area contributed by atoms with Gasteiger partial charge in [0, 0.05) is 19.2 Å². The van der Waals surface area contributed by atoms with E-state index in [1.54, 1.807) is 35.1 Å². The van der Waals surface area contributed by atoms with Crippen LogP contribution < -0.4 is 10.1 Å². The Kier molecular flexibility index (Phi) is 5.36. The minimum Gasteiger partial charge on any atom is -0.454 e. The van der Waals surface area contributed by atoms with Crippen LogP contribution in [0.15, 0.2) is 60.9 Å². The van der Waals surface area contributed by atoms with Crippen LogP contribution in [-0.2, 0) is 11.3 Å². The summed E-state index contributed by atoms with van der Waals surface area (Å²) in [6.45, 7) is 2.49. The van der Waals surface area contributed by atoms with Crippen molar-refractivity contribution in [3.8, 4) is 11.5 Å². The standard InChI is InChI=1S/C19H18ClN3O2/c1-14-12-21-23(13-14)11-10-19(24)22-16-7-3-5-9-18(16)25-17-8-4-2-6-15(17)20/h2-9,12-13H,10-11H2,1H3,(H,22,24). The summed E-state index contributed by atoms with van der Waals surface area (Å²) in [4.78, 5) is 12.2. The summed E-state index contributed by atoms with van der Waals surface area (Å²) in [5.41, 5.74) is 1.67. The molecule has 0 saturated carbocycles. The molecule has 0 aliphatic rings. The van der Waals surface area contributed by atoms with Gasteiger partial charge in [-0.1, -0.05) is 35.9 Å². The largest absolute Gasteiger partial charge is 0.454 e. The number of ether oxygens (including phenoxy) is 1. The first-order valence-electron chi connectivity index (χ1n) is 7.92. The maximum absolute atomic E-state index is 12.2. The number of carbonyl (C=O) groups excluding carboxylic acids is 1. The zero-order valence-corrected chi connectivity index (χ0v) is 14.5. The Morgan fingerprint density at radius 3 is 2.60 bits per heavy atom. The fraction of sp³-hybridized carbons (Fsp3) is 0.158. The highest BCUT2D eigenvalue weighted by atomic mass is 35.5. The van der Waals surface area contributed by atoms with E-state index in [9.17, 15) is 4.79 Å². The number of carbonyl (C=O) groups is 1. The topological polar surface area (TPSA) is 56.2 Å². The van der Waals surface area contributed by atoms with Crippen LogP contribution in [0.25, 0.3) is 0 Å². The zero-order chi connectivity index (χ0) is 17.6.